The lowest BCUT2D eigenvalue weighted by atomic mass is 9.96. The van der Waals surface area contributed by atoms with Crippen molar-refractivity contribution in [1.82, 2.24) is 15.1 Å². The molecule has 2 fully saturated rings. The number of nitrogens with zero attached hydrogens (tertiary/aromatic N) is 2. The largest absolute Gasteiger partial charge is 0.484 e. The second kappa shape index (κ2) is 8.38. The van der Waals surface area contributed by atoms with E-state index in [9.17, 15) is 24.3 Å². The minimum absolute atomic E-state index is 0.00658. The minimum Gasteiger partial charge on any atom is -0.484 e. The van der Waals surface area contributed by atoms with Crippen LogP contribution in [0.15, 0.2) is 59.1 Å². The van der Waals surface area contributed by atoms with Crippen LogP contribution in [0.2, 0.25) is 0 Å². The molecule has 160 valence electrons. The van der Waals surface area contributed by atoms with Crippen molar-refractivity contribution in [3.63, 3.8) is 0 Å². The van der Waals surface area contributed by atoms with Crippen LogP contribution >= 0.6 is 15.9 Å². The normalized spacial score (nSPS) is 21.8. The summed E-state index contributed by atoms with van der Waals surface area (Å²) < 4.78 is 5.89. The first-order chi connectivity index (χ1) is 14.9. The minimum atomic E-state index is -1.43. The van der Waals surface area contributed by atoms with Crippen molar-refractivity contribution in [1.29, 1.82) is 0 Å². The molecule has 4 rings (SSSR count). The number of fused-ring (bicyclic) bond motifs is 1. The lowest BCUT2D eigenvalue weighted by molar-refractivity contribution is -0.163. The highest BCUT2D eigenvalue weighted by Gasteiger charge is 2.61. The first kappa shape index (κ1) is 20.9. The molecule has 0 aromatic heterocycles. The molecule has 2 heterocycles. The third-order valence-electron chi connectivity index (χ3n) is 5.22. The molecule has 0 saturated carbocycles. The molecule has 0 bridgehead atoms. The van der Waals surface area contributed by atoms with Crippen LogP contribution in [0, 0.1) is 0 Å². The van der Waals surface area contributed by atoms with Gasteiger partial charge in [-0.15, -0.1) is 0 Å². The zero-order valence-electron chi connectivity index (χ0n) is 16.1. The summed E-state index contributed by atoms with van der Waals surface area (Å²) in [7, 11) is 0. The van der Waals surface area contributed by atoms with E-state index in [1.165, 1.54) is 0 Å². The van der Waals surface area contributed by atoms with Gasteiger partial charge in [0.2, 0.25) is 12.1 Å². The molecular formula is C21H18BrN3O6. The molecule has 3 amide bonds. The van der Waals surface area contributed by atoms with Crippen LogP contribution in [0.4, 0.5) is 0 Å². The third-order valence-corrected chi connectivity index (χ3v) is 5.91. The number of carbonyl (C=O) groups is 4. The summed E-state index contributed by atoms with van der Waals surface area (Å²) in [5, 5.41) is 12.2. The maximum Gasteiger partial charge on any atom is 0.347 e. The Hall–Kier alpha value is -3.40. The van der Waals surface area contributed by atoms with E-state index in [1.54, 1.807) is 48.5 Å². The molecule has 2 aromatic carbocycles. The molecule has 2 N–H and O–H groups in total. The Balaban J connectivity index is 1.45. The van der Waals surface area contributed by atoms with Gasteiger partial charge in [-0.2, -0.15) is 0 Å². The predicted molar refractivity (Wildman–Crippen MR) is 111 cm³/mol. The number of carboxylic acid groups (broad SMARTS) is 1. The van der Waals surface area contributed by atoms with Crippen molar-refractivity contribution in [3.8, 4) is 5.75 Å². The topological polar surface area (TPSA) is 116 Å². The number of amides is 3. The molecule has 2 aliphatic rings. The van der Waals surface area contributed by atoms with Crippen LogP contribution in [0.25, 0.3) is 0 Å². The summed E-state index contributed by atoms with van der Waals surface area (Å²) >= 11 is 3.29. The van der Waals surface area contributed by atoms with Crippen molar-refractivity contribution in [2.24, 2.45) is 0 Å². The van der Waals surface area contributed by atoms with E-state index in [2.05, 4.69) is 21.2 Å². The van der Waals surface area contributed by atoms with Gasteiger partial charge in [-0.25, -0.2) is 4.79 Å². The van der Waals surface area contributed by atoms with Gasteiger partial charge in [0.25, 0.3) is 11.8 Å². The first-order valence-electron chi connectivity index (χ1n) is 9.46. The molecule has 10 heteroatoms. The zero-order chi connectivity index (χ0) is 22.1. The van der Waals surface area contributed by atoms with E-state index in [4.69, 9.17) is 4.74 Å². The van der Waals surface area contributed by atoms with Gasteiger partial charge in [-0.1, -0.05) is 30.3 Å². The lowest BCUT2D eigenvalue weighted by Crippen LogP contribution is -2.71. The van der Waals surface area contributed by atoms with Crippen LogP contribution in [-0.4, -0.2) is 70.0 Å². The van der Waals surface area contributed by atoms with E-state index in [1.807, 2.05) is 6.07 Å². The van der Waals surface area contributed by atoms with Gasteiger partial charge in [0.05, 0.1) is 11.6 Å². The van der Waals surface area contributed by atoms with Crippen LogP contribution < -0.4 is 10.1 Å². The van der Waals surface area contributed by atoms with Gasteiger partial charge in [-0.05, 0) is 40.2 Å². The Morgan fingerprint density at radius 2 is 1.77 bits per heavy atom. The number of ether oxygens (including phenoxy) is 1. The summed E-state index contributed by atoms with van der Waals surface area (Å²) in [5.41, 5.74) is 0.292. The van der Waals surface area contributed by atoms with Crippen LogP contribution in [0.1, 0.15) is 10.4 Å². The predicted octanol–water partition coefficient (Wildman–Crippen LogP) is 1.09. The van der Waals surface area contributed by atoms with Crippen LogP contribution in [0.3, 0.4) is 0 Å². The monoisotopic (exact) mass is 487 g/mol. The van der Waals surface area contributed by atoms with Gasteiger partial charge in [0, 0.05) is 11.0 Å². The van der Waals surface area contributed by atoms with Crippen molar-refractivity contribution >= 4 is 39.6 Å². The number of rotatable bonds is 6. The van der Waals surface area contributed by atoms with E-state index in [-0.39, 0.29) is 13.2 Å². The average Bonchev–Trinajstić information content (AvgIpc) is 3.13. The van der Waals surface area contributed by atoms with Crippen molar-refractivity contribution in [2.75, 3.05) is 13.2 Å². The molecular weight excluding hydrogens is 470 g/mol. The lowest BCUT2D eigenvalue weighted by Gasteiger charge is -2.43. The Kier molecular flexibility index (Phi) is 5.64. The fraction of sp³-hybridized carbons (Fsp3) is 0.238. The molecule has 0 radical (unpaired) electrons. The number of hydrogen-bond donors (Lipinski definition) is 2. The van der Waals surface area contributed by atoms with Gasteiger partial charge in [0.15, 0.2) is 6.61 Å². The van der Waals surface area contributed by atoms with Crippen LogP contribution in [-0.2, 0) is 14.4 Å². The average molecular weight is 488 g/mol. The number of para-hydroxylation sites is 1. The fourth-order valence-electron chi connectivity index (χ4n) is 3.79. The number of nitrogens with one attached hydrogen (secondary N) is 1. The van der Waals surface area contributed by atoms with Crippen molar-refractivity contribution in [2.45, 2.75) is 18.2 Å². The highest BCUT2D eigenvalue weighted by atomic mass is 79.9. The van der Waals surface area contributed by atoms with Crippen LogP contribution in [0.5, 0.6) is 5.75 Å². The maximum absolute atomic E-state index is 13.0. The number of halogens is 1. The highest BCUT2D eigenvalue weighted by molar-refractivity contribution is 9.10. The Bertz CT molecular complexity index is 1050. The van der Waals surface area contributed by atoms with Crippen molar-refractivity contribution < 1.29 is 29.0 Å². The second-order valence-electron chi connectivity index (χ2n) is 7.11. The first-order valence-corrected chi connectivity index (χ1v) is 10.3. The van der Waals surface area contributed by atoms with Gasteiger partial charge < -0.3 is 25.0 Å². The third kappa shape index (κ3) is 3.86. The summed E-state index contributed by atoms with van der Waals surface area (Å²) in [6.07, 6.45) is -1.43. The molecule has 3 atom stereocenters. The number of β-lactam (4-membered cyclic amide) rings is 1. The summed E-state index contributed by atoms with van der Waals surface area (Å²) in [6.45, 7) is -0.296. The van der Waals surface area contributed by atoms with E-state index >= 15 is 0 Å². The molecule has 0 aliphatic carbocycles. The van der Waals surface area contributed by atoms with E-state index in [0.717, 1.165) is 9.80 Å². The SMILES string of the molecule is O=C(COc1ccccc1)N[C@H]1C(=O)N2C1CN(C(=O)c1ccccc1Br)C2C(=O)O. The number of carbonyl (C=O) groups excluding carboxylic acids is 3. The molecule has 2 unspecified atom stereocenters. The Labute approximate surface area is 185 Å². The van der Waals surface area contributed by atoms with Gasteiger partial charge >= 0.3 is 5.97 Å². The van der Waals surface area contributed by atoms with E-state index in [0.29, 0.717) is 15.8 Å². The fourth-order valence-corrected chi connectivity index (χ4v) is 4.24. The highest BCUT2D eigenvalue weighted by Crippen LogP contribution is 2.34. The van der Waals surface area contributed by atoms with E-state index < -0.39 is 41.9 Å². The van der Waals surface area contributed by atoms with Gasteiger partial charge in [-0.3, -0.25) is 14.4 Å². The second-order valence-corrected chi connectivity index (χ2v) is 7.96. The maximum atomic E-state index is 13.0. The summed E-state index contributed by atoms with van der Waals surface area (Å²) in [6, 6.07) is 13.9. The zero-order valence-corrected chi connectivity index (χ0v) is 17.7. The number of aliphatic carboxylic acids is 1. The summed E-state index contributed by atoms with van der Waals surface area (Å²) in [5.74, 6) is -2.37. The molecule has 9 nitrogen and oxygen atoms in total. The smallest absolute Gasteiger partial charge is 0.347 e. The van der Waals surface area contributed by atoms with Gasteiger partial charge in [0.1, 0.15) is 11.8 Å². The Morgan fingerprint density at radius 1 is 1.10 bits per heavy atom. The summed E-state index contributed by atoms with van der Waals surface area (Å²) in [4.78, 5) is 51.9. The standard InChI is InChI=1S/C21H18BrN3O6/c22-14-9-5-4-8-13(14)19(27)24-10-15-17(20(28)25(15)18(24)21(29)30)23-16(26)11-31-12-6-2-1-3-7-12/h1-9,15,17-18H,10-11H2,(H,23,26)(H,29,30)/t15?,17-,18?/m1/s1. The number of carboxylic acids is 1. The number of hydrogen-bond acceptors (Lipinski definition) is 5. The quantitative estimate of drug-likeness (QED) is 0.589. The van der Waals surface area contributed by atoms with Crippen molar-refractivity contribution in [3.05, 3.63) is 64.6 Å². The molecule has 0 spiro atoms. The Morgan fingerprint density at radius 3 is 2.45 bits per heavy atom. The molecule has 2 saturated heterocycles. The molecule has 2 aromatic rings. The molecule has 2 aliphatic heterocycles. The number of benzene rings is 2. The molecule has 31 heavy (non-hydrogen) atoms.